The van der Waals surface area contributed by atoms with E-state index in [0.717, 1.165) is 35.2 Å². The fraction of sp³-hybridized carbons (Fsp3) is 0.500. The standard InChI is InChI=1S/C14H18N2OS/c1-18-14-4-2-3-13(12(14)9-15)16-7-8-17-10-11-5-6-11/h2-4,11,16H,5-8,10H2,1H3. The number of hydrogen-bond acceptors (Lipinski definition) is 4. The van der Waals surface area contributed by atoms with Crippen molar-refractivity contribution in [3.63, 3.8) is 0 Å². The highest BCUT2D eigenvalue weighted by atomic mass is 32.2. The van der Waals surface area contributed by atoms with E-state index in [1.807, 2.05) is 24.5 Å². The lowest BCUT2D eigenvalue weighted by atomic mass is 10.2. The largest absolute Gasteiger partial charge is 0.382 e. The van der Waals surface area contributed by atoms with E-state index in [1.165, 1.54) is 12.8 Å². The van der Waals surface area contributed by atoms with Gasteiger partial charge in [-0.1, -0.05) is 6.07 Å². The third-order valence-electron chi connectivity index (χ3n) is 2.97. The van der Waals surface area contributed by atoms with Crippen LogP contribution in [-0.2, 0) is 4.74 Å². The van der Waals surface area contributed by atoms with Gasteiger partial charge < -0.3 is 10.1 Å². The van der Waals surface area contributed by atoms with Crippen LogP contribution in [0.15, 0.2) is 23.1 Å². The monoisotopic (exact) mass is 262 g/mol. The molecule has 0 heterocycles. The molecule has 0 unspecified atom stereocenters. The first-order chi connectivity index (χ1) is 8.85. The van der Waals surface area contributed by atoms with Crippen molar-refractivity contribution < 1.29 is 4.74 Å². The lowest BCUT2D eigenvalue weighted by Crippen LogP contribution is -2.11. The van der Waals surface area contributed by atoms with Crippen molar-refractivity contribution in [3.05, 3.63) is 23.8 Å². The van der Waals surface area contributed by atoms with Gasteiger partial charge in [-0.25, -0.2) is 0 Å². The van der Waals surface area contributed by atoms with Crippen molar-refractivity contribution in [2.75, 3.05) is 31.3 Å². The Kier molecular flexibility index (Phi) is 4.91. The average Bonchev–Trinajstić information content (AvgIpc) is 3.22. The Morgan fingerprint density at radius 3 is 3.00 bits per heavy atom. The highest BCUT2D eigenvalue weighted by molar-refractivity contribution is 7.98. The predicted octanol–water partition coefficient (Wildman–Crippen LogP) is 3.12. The van der Waals surface area contributed by atoms with Gasteiger partial charge >= 0.3 is 0 Å². The zero-order valence-electron chi connectivity index (χ0n) is 10.6. The summed E-state index contributed by atoms with van der Waals surface area (Å²) in [6.07, 6.45) is 4.63. The summed E-state index contributed by atoms with van der Waals surface area (Å²) in [5.41, 5.74) is 1.63. The minimum atomic E-state index is 0.699. The summed E-state index contributed by atoms with van der Waals surface area (Å²) in [6, 6.07) is 8.15. The van der Waals surface area contributed by atoms with Gasteiger partial charge in [0.05, 0.1) is 17.9 Å². The van der Waals surface area contributed by atoms with Crippen LogP contribution in [0.5, 0.6) is 0 Å². The normalized spacial score (nSPS) is 14.2. The molecule has 0 saturated heterocycles. The number of nitrogens with zero attached hydrogens (tertiary/aromatic N) is 1. The summed E-state index contributed by atoms with van der Waals surface area (Å²) in [7, 11) is 0. The molecular weight excluding hydrogens is 244 g/mol. The number of thioether (sulfide) groups is 1. The van der Waals surface area contributed by atoms with Crippen LogP contribution in [0.4, 0.5) is 5.69 Å². The van der Waals surface area contributed by atoms with Gasteiger partial charge in [-0.3, -0.25) is 0 Å². The van der Waals surface area contributed by atoms with E-state index in [4.69, 9.17) is 4.74 Å². The molecule has 4 heteroatoms. The van der Waals surface area contributed by atoms with E-state index in [2.05, 4.69) is 11.4 Å². The van der Waals surface area contributed by atoms with Crippen molar-refractivity contribution in [1.29, 1.82) is 5.26 Å². The van der Waals surface area contributed by atoms with Crippen LogP contribution in [0, 0.1) is 17.2 Å². The van der Waals surface area contributed by atoms with E-state index < -0.39 is 0 Å². The zero-order chi connectivity index (χ0) is 12.8. The Morgan fingerprint density at radius 2 is 2.33 bits per heavy atom. The number of anilines is 1. The lowest BCUT2D eigenvalue weighted by Gasteiger charge is -2.10. The van der Waals surface area contributed by atoms with Gasteiger partial charge in [0.15, 0.2) is 0 Å². The van der Waals surface area contributed by atoms with Crippen LogP contribution in [-0.4, -0.2) is 26.0 Å². The summed E-state index contributed by atoms with van der Waals surface area (Å²) in [6.45, 7) is 2.34. The van der Waals surface area contributed by atoms with Crippen molar-refractivity contribution in [2.24, 2.45) is 5.92 Å². The van der Waals surface area contributed by atoms with Gasteiger partial charge in [0, 0.05) is 18.0 Å². The lowest BCUT2D eigenvalue weighted by molar-refractivity contribution is 0.134. The molecule has 18 heavy (non-hydrogen) atoms. The fourth-order valence-electron chi connectivity index (χ4n) is 1.76. The SMILES string of the molecule is CSc1cccc(NCCOCC2CC2)c1C#N. The van der Waals surface area contributed by atoms with Gasteiger partial charge in [0.25, 0.3) is 0 Å². The van der Waals surface area contributed by atoms with Crippen LogP contribution in [0.3, 0.4) is 0 Å². The van der Waals surface area contributed by atoms with E-state index in [-0.39, 0.29) is 0 Å². The van der Waals surface area contributed by atoms with Crippen LogP contribution >= 0.6 is 11.8 Å². The molecule has 1 aliphatic rings. The van der Waals surface area contributed by atoms with Crippen molar-refractivity contribution in [3.8, 4) is 6.07 Å². The second-order valence-corrected chi connectivity index (χ2v) is 5.29. The average molecular weight is 262 g/mol. The topological polar surface area (TPSA) is 45.0 Å². The first kappa shape index (κ1) is 13.3. The number of nitriles is 1. The van der Waals surface area contributed by atoms with Crippen molar-refractivity contribution >= 4 is 17.4 Å². The third kappa shape index (κ3) is 3.66. The van der Waals surface area contributed by atoms with Gasteiger partial charge in [0.1, 0.15) is 6.07 Å². The maximum atomic E-state index is 9.18. The second-order valence-electron chi connectivity index (χ2n) is 4.44. The Hall–Kier alpha value is -1.18. The highest BCUT2D eigenvalue weighted by Crippen LogP contribution is 2.29. The molecular formula is C14H18N2OS. The van der Waals surface area contributed by atoms with Crippen LogP contribution in [0.1, 0.15) is 18.4 Å². The Balaban J connectivity index is 1.82. The molecule has 96 valence electrons. The molecule has 0 bridgehead atoms. The van der Waals surface area contributed by atoms with Crippen LogP contribution < -0.4 is 5.32 Å². The summed E-state index contributed by atoms with van der Waals surface area (Å²) >= 11 is 1.60. The Labute approximate surface area is 113 Å². The minimum absolute atomic E-state index is 0.699. The molecule has 1 aliphatic carbocycles. The van der Waals surface area contributed by atoms with Gasteiger partial charge in [-0.2, -0.15) is 5.26 Å². The van der Waals surface area contributed by atoms with E-state index in [9.17, 15) is 5.26 Å². The third-order valence-corrected chi connectivity index (χ3v) is 3.75. The zero-order valence-corrected chi connectivity index (χ0v) is 11.4. The summed E-state index contributed by atoms with van der Waals surface area (Å²) in [4.78, 5) is 1.02. The number of ether oxygens (including phenoxy) is 1. The van der Waals surface area contributed by atoms with E-state index in [0.29, 0.717) is 6.61 Å². The van der Waals surface area contributed by atoms with Crippen molar-refractivity contribution in [2.45, 2.75) is 17.7 Å². The predicted molar refractivity (Wildman–Crippen MR) is 75.0 cm³/mol. The van der Waals surface area contributed by atoms with Gasteiger partial charge in [0.2, 0.25) is 0 Å². The molecule has 1 aromatic rings. The molecule has 1 saturated carbocycles. The Morgan fingerprint density at radius 1 is 1.50 bits per heavy atom. The first-order valence-electron chi connectivity index (χ1n) is 6.24. The molecule has 0 aliphatic heterocycles. The highest BCUT2D eigenvalue weighted by Gasteiger charge is 2.20. The summed E-state index contributed by atoms with van der Waals surface area (Å²) < 4.78 is 5.56. The quantitative estimate of drug-likeness (QED) is 0.606. The molecule has 0 spiro atoms. The molecule has 0 atom stereocenters. The van der Waals surface area contributed by atoms with Gasteiger partial charge in [-0.05, 0) is 37.1 Å². The molecule has 1 fully saturated rings. The van der Waals surface area contributed by atoms with E-state index >= 15 is 0 Å². The molecule has 0 aromatic heterocycles. The fourth-order valence-corrected chi connectivity index (χ4v) is 2.33. The molecule has 0 amide bonds. The number of rotatable bonds is 7. The molecule has 0 radical (unpaired) electrons. The number of nitrogens with one attached hydrogen (secondary N) is 1. The smallest absolute Gasteiger partial charge is 0.102 e. The number of benzene rings is 1. The van der Waals surface area contributed by atoms with Crippen molar-refractivity contribution in [1.82, 2.24) is 0 Å². The molecule has 2 rings (SSSR count). The van der Waals surface area contributed by atoms with Gasteiger partial charge in [-0.15, -0.1) is 11.8 Å². The number of hydrogen-bond donors (Lipinski definition) is 1. The summed E-state index contributed by atoms with van der Waals surface area (Å²) in [5, 5.41) is 12.5. The maximum absolute atomic E-state index is 9.18. The second kappa shape index (κ2) is 6.67. The van der Waals surface area contributed by atoms with Crippen LogP contribution in [0.25, 0.3) is 0 Å². The maximum Gasteiger partial charge on any atom is 0.102 e. The van der Waals surface area contributed by atoms with Crippen LogP contribution in [0.2, 0.25) is 0 Å². The first-order valence-corrected chi connectivity index (χ1v) is 7.46. The minimum Gasteiger partial charge on any atom is -0.382 e. The Bertz CT molecular complexity index is 438. The molecule has 1 N–H and O–H groups in total. The molecule has 3 nitrogen and oxygen atoms in total. The van der Waals surface area contributed by atoms with E-state index in [1.54, 1.807) is 11.8 Å². The molecule has 1 aromatic carbocycles. The summed E-state index contributed by atoms with van der Waals surface area (Å²) in [5.74, 6) is 0.805.